The van der Waals surface area contributed by atoms with Gasteiger partial charge in [-0.25, -0.2) is 0 Å². The minimum Gasteiger partial charge on any atom is -0.356 e. The third-order valence-electron chi connectivity index (χ3n) is 4.75. The van der Waals surface area contributed by atoms with Crippen molar-refractivity contribution in [2.24, 2.45) is 11.1 Å². The number of carbonyl (C=O) groups is 1. The van der Waals surface area contributed by atoms with Crippen LogP contribution in [0.3, 0.4) is 0 Å². The Morgan fingerprint density at radius 1 is 1.00 bits per heavy atom. The molecule has 0 saturated heterocycles. The highest BCUT2D eigenvalue weighted by molar-refractivity contribution is 5.83. The number of rotatable bonds is 11. The summed E-state index contributed by atoms with van der Waals surface area (Å²) in [4.78, 5) is 12.2. The summed E-state index contributed by atoms with van der Waals surface area (Å²) in [6.07, 6.45) is 14.7. The highest BCUT2D eigenvalue weighted by Gasteiger charge is 2.39. The van der Waals surface area contributed by atoms with Crippen LogP contribution in [0, 0.1) is 5.41 Å². The highest BCUT2D eigenvalue weighted by atomic mass is 16.2. The largest absolute Gasteiger partial charge is 0.356 e. The van der Waals surface area contributed by atoms with Crippen molar-refractivity contribution in [1.82, 2.24) is 5.32 Å². The molecule has 1 fully saturated rings. The van der Waals surface area contributed by atoms with E-state index in [2.05, 4.69) is 12.2 Å². The first-order valence-electron chi connectivity index (χ1n) is 8.73. The number of unbranched alkanes of at least 4 members (excludes halogenated alkanes) is 7. The molecule has 118 valence electrons. The fourth-order valence-electron chi connectivity index (χ4n) is 3.22. The van der Waals surface area contributed by atoms with Crippen LogP contribution in [0.5, 0.6) is 0 Å². The molecule has 0 aliphatic heterocycles. The molecule has 0 bridgehead atoms. The lowest BCUT2D eigenvalue weighted by molar-refractivity contribution is -0.130. The summed E-state index contributed by atoms with van der Waals surface area (Å²) in [6.45, 7) is 3.59. The van der Waals surface area contributed by atoms with Crippen molar-refractivity contribution in [2.75, 3.05) is 13.1 Å². The van der Waals surface area contributed by atoms with Crippen LogP contribution in [-0.2, 0) is 4.79 Å². The molecule has 0 aromatic rings. The number of hydrogen-bond acceptors (Lipinski definition) is 2. The second-order valence-electron chi connectivity index (χ2n) is 6.42. The maximum atomic E-state index is 12.2. The van der Waals surface area contributed by atoms with Crippen molar-refractivity contribution in [3.05, 3.63) is 0 Å². The summed E-state index contributed by atoms with van der Waals surface area (Å²) < 4.78 is 0. The summed E-state index contributed by atoms with van der Waals surface area (Å²) in [5, 5.41) is 3.11. The van der Waals surface area contributed by atoms with Crippen LogP contribution in [0.1, 0.15) is 84.0 Å². The van der Waals surface area contributed by atoms with Crippen molar-refractivity contribution < 1.29 is 4.79 Å². The van der Waals surface area contributed by atoms with Crippen molar-refractivity contribution in [2.45, 2.75) is 84.0 Å². The van der Waals surface area contributed by atoms with E-state index in [-0.39, 0.29) is 11.3 Å². The SMILES string of the molecule is CCCCCCCCCCNC(=O)C1(CN)CCCC1. The molecule has 3 nitrogen and oxygen atoms in total. The van der Waals surface area contributed by atoms with Gasteiger partial charge in [0.1, 0.15) is 0 Å². The van der Waals surface area contributed by atoms with E-state index in [1.165, 1.54) is 44.9 Å². The zero-order valence-corrected chi connectivity index (χ0v) is 13.4. The van der Waals surface area contributed by atoms with Crippen LogP contribution in [0.15, 0.2) is 0 Å². The van der Waals surface area contributed by atoms with Crippen molar-refractivity contribution >= 4 is 5.91 Å². The predicted octanol–water partition coefficient (Wildman–Crippen LogP) is 3.76. The normalized spacial score (nSPS) is 17.3. The van der Waals surface area contributed by atoms with Gasteiger partial charge in [-0.1, -0.05) is 64.7 Å². The summed E-state index contributed by atoms with van der Waals surface area (Å²) in [5.74, 6) is 0.209. The van der Waals surface area contributed by atoms with Crippen LogP contribution in [0.4, 0.5) is 0 Å². The third kappa shape index (κ3) is 5.82. The van der Waals surface area contributed by atoms with Gasteiger partial charge in [-0.3, -0.25) is 4.79 Å². The molecular formula is C17H34N2O. The maximum Gasteiger partial charge on any atom is 0.227 e. The van der Waals surface area contributed by atoms with Gasteiger partial charge in [0.05, 0.1) is 5.41 Å². The van der Waals surface area contributed by atoms with E-state index >= 15 is 0 Å². The first-order chi connectivity index (χ1) is 9.75. The molecule has 0 unspecified atom stereocenters. The first kappa shape index (κ1) is 17.5. The topological polar surface area (TPSA) is 55.1 Å². The van der Waals surface area contributed by atoms with Gasteiger partial charge >= 0.3 is 0 Å². The number of hydrogen-bond donors (Lipinski definition) is 2. The lowest BCUT2D eigenvalue weighted by Crippen LogP contribution is -2.44. The molecule has 0 radical (unpaired) electrons. The van der Waals surface area contributed by atoms with Crippen LogP contribution in [0.2, 0.25) is 0 Å². The Bertz CT molecular complexity index is 260. The summed E-state index contributed by atoms with van der Waals surface area (Å²) >= 11 is 0. The van der Waals surface area contributed by atoms with E-state index in [1.807, 2.05) is 0 Å². The minimum absolute atomic E-state index is 0.209. The van der Waals surface area contributed by atoms with E-state index in [4.69, 9.17) is 5.73 Å². The van der Waals surface area contributed by atoms with Gasteiger partial charge in [0.15, 0.2) is 0 Å². The zero-order valence-electron chi connectivity index (χ0n) is 13.4. The number of nitrogens with two attached hydrogens (primary N) is 1. The lowest BCUT2D eigenvalue weighted by Gasteiger charge is -2.25. The fraction of sp³-hybridized carbons (Fsp3) is 0.941. The van der Waals surface area contributed by atoms with Gasteiger partial charge < -0.3 is 11.1 Å². The Labute approximate surface area is 125 Å². The summed E-state index contributed by atoms with van der Waals surface area (Å²) in [6, 6.07) is 0. The highest BCUT2D eigenvalue weighted by Crippen LogP contribution is 2.37. The van der Waals surface area contributed by atoms with Gasteiger partial charge in [-0.05, 0) is 19.3 Å². The van der Waals surface area contributed by atoms with Gasteiger partial charge in [0.25, 0.3) is 0 Å². The summed E-state index contributed by atoms with van der Waals surface area (Å²) in [7, 11) is 0. The van der Waals surface area contributed by atoms with Crippen molar-refractivity contribution in [1.29, 1.82) is 0 Å². The van der Waals surface area contributed by atoms with Gasteiger partial charge in [-0.2, -0.15) is 0 Å². The second kappa shape index (κ2) is 10.2. The molecule has 0 aromatic carbocycles. The third-order valence-corrected chi connectivity index (χ3v) is 4.75. The Morgan fingerprint density at radius 3 is 2.10 bits per heavy atom. The van der Waals surface area contributed by atoms with Crippen LogP contribution < -0.4 is 11.1 Å². The Hall–Kier alpha value is -0.570. The molecule has 0 heterocycles. The van der Waals surface area contributed by atoms with Gasteiger partial charge in [0, 0.05) is 13.1 Å². The zero-order chi connectivity index (χ0) is 14.7. The first-order valence-corrected chi connectivity index (χ1v) is 8.73. The van der Waals surface area contributed by atoms with E-state index < -0.39 is 0 Å². The number of nitrogens with one attached hydrogen (secondary N) is 1. The number of carbonyl (C=O) groups excluding carboxylic acids is 1. The second-order valence-corrected chi connectivity index (χ2v) is 6.42. The molecule has 3 heteroatoms. The average molecular weight is 282 g/mol. The Kier molecular flexibility index (Phi) is 8.92. The predicted molar refractivity (Wildman–Crippen MR) is 85.6 cm³/mol. The maximum absolute atomic E-state index is 12.2. The summed E-state index contributed by atoms with van der Waals surface area (Å²) in [5.41, 5.74) is 5.58. The van der Waals surface area contributed by atoms with Gasteiger partial charge in [-0.15, -0.1) is 0 Å². The van der Waals surface area contributed by atoms with Gasteiger partial charge in [0.2, 0.25) is 5.91 Å². The molecular weight excluding hydrogens is 248 g/mol. The standard InChI is InChI=1S/C17H34N2O/c1-2-3-4-5-6-7-8-11-14-19-16(20)17(15-18)12-9-10-13-17/h2-15,18H2,1H3,(H,19,20). The molecule has 1 rings (SSSR count). The molecule has 20 heavy (non-hydrogen) atoms. The van der Waals surface area contributed by atoms with Crippen LogP contribution >= 0.6 is 0 Å². The molecule has 1 amide bonds. The number of amides is 1. The van der Waals surface area contributed by atoms with Crippen molar-refractivity contribution in [3.63, 3.8) is 0 Å². The molecule has 1 saturated carbocycles. The van der Waals surface area contributed by atoms with Crippen LogP contribution in [-0.4, -0.2) is 19.0 Å². The smallest absolute Gasteiger partial charge is 0.227 e. The van der Waals surface area contributed by atoms with E-state index in [9.17, 15) is 4.79 Å². The Morgan fingerprint density at radius 2 is 1.55 bits per heavy atom. The average Bonchev–Trinajstić information content (AvgIpc) is 2.95. The molecule has 0 aromatic heterocycles. The molecule has 1 aliphatic carbocycles. The quantitative estimate of drug-likeness (QED) is 0.567. The van der Waals surface area contributed by atoms with Crippen LogP contribution in [0.25, 0.3) is 0 Å². The molecule has 1 aliphatic rings. The van der Waals surface area contributed by atoms with Crippen molar-refractivity contribution in [3.8, 4) is 0 Å². The lowest BCUT2D eigenvalue weighted by atomic mass is 9.85. The molecule has 0 spiro atoms. The molecule has 0 atom stereocenters. The molecule has 3 N–H and O–H groups in total. The fourth-order valence-corrected chi connectivity index (χ4v) is 3.22. The minimum atomic E-state index is -0.236. The Balaban J connectivity index is 1.99. The van der Waals surface area contributed by atoms with E-state index in [0.717, 1.165) is 38.6 Å². The van der Waals surface area contributed by atoms with E-state index in [1.54, 1.807) is 0 Å². The van der Waals surface area contributed by atoms with E-state index in [0.29, 0.717) is 6.54 Å². The monoisotopic (exact) mass is 282 g/mol.